The molecule has 146 valence electrons. The molecule has 0 aliphatic rings. The van der Waals surface area contributed by atoms with Gasteiger partial charge in [0.05, 0.1) is 18.3 Å². The second-order valence-corrected chi connectivity index (χ2v) is 6.89. The molecule has 1 aromatic carbocycles. The number of fused-ring (bicyclic) bond motifs is 1. The molecule has 8 heteroatoms. The minimum absolute atomic E-state index is 0.0166. The van der Waals surface area contributed by atoms with E-state index in [4.69, 9.17) is 16.3 Å². The van der Waals surface area contributed by atoms with Gasteiger partial charge in [-0.2, -0.15) is 0 Å². The molecule has 0 N–H and O–H groups in total. The summed E-state index contributed by atoms with van der Waals surface area (Å²) in [7, 11) is 0. The minimum atomic E-state index is -0.639. The van der Waals surface area contributed by atoms with Gasteiger partial charge >= 0.3 is 5.97 Å². The Balaban J connectivity index is 2.40. The molecule has 2 aromatic heterocycles. The third-order valence-electron chi connectivity index (χ3n) is 4.41. The van der Waals surface area contributed by atoms with Crippen LogP contribution >= 0.6 is 11.6 Å². The summed E-state index contributed by atoms with van der Waals surface area (Å²) in [6.07, 6.45) is 0.990. The third-order valence-corrected chi connectivity index (χ3v) is 4.59. The Labute approximate surface area is 165 Å². The van der Waals surface area contributed by atoms with Crippen molar-refractivity contribution in [3.63, 3.8) is 0 Å². The molecule has 3 rings (SSSR count). The standard InChI is InChI=1S/C20H19ClFN3O3/c1-5-28-19(27)17-11(4)18(26)13-7-6-12(8-15(13)25(17)10(2)3)16-14(22)9-23-20(21)24-16/h6-10H,5H2,1-4H3. The zero-order valence-corrected chi connectivity index (χ0v) is 16.7. The number of carbonyl (C=O) groups is 1. The monoisotopic (exact) mass is 403 g/mol. The number of hydrogen-bond donors (Lipinski definition) is 0. The second-order valence-electron chi connectivity index (χ2n) is 6.55. The van der Waals surface area contributed by atoms with Crippen LogP contribution in [0.1, 0.15) is 42.9 Å². The molecule has 0 aliphatic heterocycles. The van der Waals surface area contributed by atoms with Gasteiger partial charge in [-0.3, -0.25) is 4.79 Å². The van der Waals surface area contributed by atoms with Crippen LogP contribution in [-0.2, 0) is 4.74 Å². The van der Waals surface area contributed by atoms with Crippen LogP contribution in [0.5, 0.6) is 0 Å². The first-order valence-electron chi connectivity index (χ1n) is 8.80. The van der Waals surface area contributed by atoms with Crippen molar-refractivity contribution < 1.29 is 13.9 Å². The summed E-state index contributed by atoms with van der Waals surface area (Å²) in [6.45, 7) is 7.27. The third kappa shape index (κ3) is 3.38. The van der Waals surface area contributed by atoms with Crippen molar-refractivity contribution in [2.75, 3.05) is 6.61 Å². The predicted molar refractivity (Wildman–Crippen MR) is 105 cm³/mol. The maximum atomic E-state index is 14.2. The van der Waals surface area contributed by atoms with E-state index in [9.17, 15) is 14.0 Å². The van der Waals surface area contributed by atoms with E-state index in [-0.39, 0.29) is 34.7 Å². The predicted octanol–water partition coefficient (Wildman–Crippen LogP) is 4.32. The van der Waals surface area contributed by atoms with Gasteiger partial charge in [-0.15, -0.1) is 0 Å². The molecule has 6 nitrogen and oxygen atoms in total. The molecule has 28 heavy (non-hydrogen) atoms. The summed E-state index contributed by atoms with van der Waals surface area (Å²) in [4.78, 5) is 33.0. The molecule has 0 radical (unpaired) electrons. The summed E-state index contributed by atoms with van der Waals surface area (Å²) in [5.74, 6) is -1.21. The molecule has 0 saturated carbocycles. The van der Waals surface area contributed by atoms with E-state index < -0.39 is 11.8 Å². The highest BCUT2D eigenvalue weighted by molar-refractivity contribution is 6.28. The van der Waals surface area contributed by atoms with Crippen molar-refractivity contribution in [2.24, 2.45) is 0 Å². The van der Waals surface area contributed by atoms with Crippen molar-refractivity contribution >= 4 is 28.5 Å². The Hall–Kier alpha value is -2.80. The second kappa shape index (κ2) is 7.67. The Morgan fingerprint density at radius 3 is 2.71 bits per heavy atom. The molecular formula is C20H19ClFN3O3. The topological polar surface area (TPSA) is 74.1 Å². The summed E-state index contributed by atoms with van der Waals surface area (Å²) in [5, 5.41) is 0.331. The molecule has 0 spiro atoms. The van der Waals surface area contributed by atoms with E-state index in [0.29, 0.717) is 22.0 Å². The minimum Gasteiger partial charge on any atom is -0.461 e. The van der Waals surface area contributed by atoms with Gasteiger partial charge in [0.15, 0.2) is 11.2 Å². The normalized spacial score (nSPS) is 11.2. The summed E-state index contributed by atoms with van der Waals surface area (Å²) in [6, 6.07) is 4.67. The van der Waals surface area contributed by atoms with Gasteiger partial charge in [0.2, 0.25) is 5.28 Å². The highest BCUT2D eigenvalue weighted by atomic mass is 35.5. The molecule has 0 atom stereocenters. The first kappa shape index (κ1) is 19.9. The number of halogens is 2. The molecular weight excluding hydrogens is 385 g/mol. The molecule has 0 bridgehead atoms. The van der Waals surface area contributed by atoms with Crippen molar-refractivity contribution in [3.05, 3.63) is 57.0 Å². The van der Waals surface area contributed by atoms with E-state index in [1.165, 1.54) is 0 Å². The van der Waals surface area contributed by atoms with Crippen molar-refractivity contribution in [3.8, 4) is 11.3 Å². The van der Waals surface area contributed by atoms with Gasteiger partial charge < -0.3 is 9.30 Å². The average molecular weight is 404 g/mol. The number of aromatic nitrogens is 3. The van der Waals surface area contributed by atoms with E-state index in [1.807, 2.05) is 13.8 Å². The lowest BCUT2D eigenvalue weighted by Crippen LogP contribution is -2.24. The van der Waals surface area contributed by atoms with Crippen LogP contribution in [0.4, 0.5) is 4.39 Å². The number of benzene rings is 1. The van der Waals surface area contributed by atoms with E-state index >= 15 is 0 Å². The number of pyridine rings is 1. The Morgan fingerprint density at radius 1 is 1.36 bits per heavy atom. The maximum absolute atomic E-state index is 14.2. The molecule has 2 heterocycles. The van der Waals surface area contributed by atoms with Crippen LogP contribution in [0.2, 0.25) is 5.28 Å². The number of nitrogens with zero attached hydrogens (tertiary/aromatic N) is 3. The molecule has 0 unspecified atom stereocenters. The highest BCUT2D eigenvalue weighted by Gasteiger charge is 2.23. The van der Waals surface area contributed by atoms with Gasteiger partial charge in [-0.05, 0) is 51.4 Å². The highest BCUT2D eigenvalue weighted by Crippen LogP contribution is 2.28. The van der Waals surface area contributed by atoms with Gasteiger partial charge in [-0.1, -0.05) is 6.07 Å². The van der Waals surface area contributed by atoms with Crippen LogP contribution < -0.4 is 5.43 Å². The fourth-order valence-corrected chi connectivity index (χ4v) is 3.35. The SMILES string of the molecule is CCOC(=O)c1c(C)c(=O)c2ccc(-c3nc(Cl)ncc3F)cc2n1C(C)C. The van der Waals surface area contributed by atoms with Gasteiger partial charge in [0.1, 0.15) is 11.4 Å². The lowest BCUT2D eigenvalue weighted by molar-refractivity contribution is 0.0510. The molecule has 3 aromatic rings. The number of ether oxygens (including phenoxy) is 1. The molecule has 0 fully saturated rings. The fourth-order valence-electron chi connectivity index (χ4n) is 3.22. The van der Waals surface area contributed by atoms with Crippen molar-refractivity contribution in [1.29, 1.82) is 0 Å². The van der Waals surface area contributed by atoms with Gasteiger partial charge in [-0.25, -0.2) is 19.2 Å². The zero-order chi connectivity index (χ0) is 20.6. The largest absolute Gasteiger partial charge is 0.461 e. The molecule has 0 saturated heterocycles. The quantitative estimate of drug-likeness (QED) is 0.479. The maximum Gasteiger partial charge on any atom is 0.355 e. The summed E-state index contributed by atoms with van der Waals surface area (Å²) >= 11 is 5.81. The first-order chi connectivity index (χ1) is 13.3. The van der Waals surface area contributed by atoms with Crippen LogP contribution in [0.25, 0.3) is 22.2 Å². The molecule has 0 amide bonds. The van der Waals surface area contributed by atoms with Crippen molar-refractivity contribution in [2.45, 2.75) is 33.7 Å². The lowest BCUT2D eigenvalue weighted by Gasteiger charge is -2.21. The first-order valence-corrected chi connectivity index (χ1v) is 9.18. The summed E-state index contributed by atoms with van der Waals surface area (Å²) in [5.41, 5.74) is 1.14. The van der Waals surface area contributed by atoms with E-state index in [1.54, 1.807) is 36.6 Å². The number of rotatable bonds is 4. The smallest absolute Gasteiger partial charge is 0.355 e. The van der Waals surface area contributed by atoms with Crippen LogP contribution in [0.15, 0.2) is 29.2 Å². The van der Waals surface area contributed by atoms with E-state index in [0.717, 1.165) is 6.20 Å². The van der Waals surface area contributed by atoms with Crippen LogP contribution in [-0.4, -0.2) is 27.1 Å². The fraction of sp³-hybridized carbons (Fsp3) is 0.300. The molecule has 0 aliphatic carbocycles. The van der Waals surface area contributed by atoms with Crippen molar-refractivity contribution in [1.82, 2.24) is 14.5 Å². The van der Waals surface area contributed by atoms with E-state index in [2.05, 4.69) is 9.97 Å². The lowest BCUT2D eigenvalue weighted by atomic mass is 10.0. The number of hydrogen-bond acceptors (Lipinski definition) is 5. The Kier molecular flexibility index (Phi) is 5.47. The number of carbonyl (C=O) groups excluding carboxylic acids is 1. The van der Waals surface area contributed by atoms with Crippen LogP contribution in [0, 0.1) is 12.7 Å². The van der Waals surface area contributed by atoms with Gasteiger partial charge in [0.25, 0.3) is 0 Å². The summed E-state index contributed by atoms with van der Waals surface area (Å²) < 4.78 is 21.1. The Morgan fingerprint density at radius 2 is 2.07 bits per heavy atom. The van der Waals surface area contributed by atoms with Gasteiger partial charge in [0, 0.05) is 22.6 Å². The Bertz CT molecular complexity index is 1140. The average Bonchev–Trinajstić information content (AvgIpc) is 2.65. The number of esters is 1. The van der Waals surface area contributed by atoms with Crippen LogP contribution in [0.3, 0.4) is 0 Å². The zero-order valence-electron chi connectivity index (χ0n) is 15.9.